The number of amides is 1. The van der Waals surface area contributed by atoms with Crippen molar-refractivity contribution >= 4 is 11.6 Å². The molecule has 1 fully saturated rings. The molecule has 0 radical (unpaired) electrons. The van der Waals surface area contributed by atoms with Gasteiger partial charge in [-0.1, -0.05) is 30.3 Å². The first-order valence-electron chi connectivity index (χ1n) is 8.29. The minimum atomic E-state index is -0.560. The van der Waals surface area contributed by atoms with Crippen LogP contribution >= 0.6 is 0 Å². The van der Waals surface area contributed by atoms with Crippen LogP contribution in [0.15, 0.2) is 36.5 Å². The van der Waals surface area contributed by atoms with E-state index in [2.05, 4.69) is 22.5 Å². The quantitative estimate of drug-likeness (QED) is 0.659. The summed E-state index contributed by atoms with van der Waals surface area (Å²) in [6, 6.07) is 10.2. The highest BCUT2D eigenvalue weighted by Crippen LogP contribution is 2.21. The first-order valence-corrected chi connectivity index (χ1v) is 8.29. The summed E-state index contributed by atoms with van der Waals surface area (Å²) < 4.78 is 1.28. The lowest BCUT2D eigenvalue weighted by atomic mass is 10.0. The number of aromatic nitrogens is 2. The van der Waals surface area contributed by atoms with Gasteiger partial charge in [-0.3, -0.25) is 19.6 Å². The minimum absolute atomic E-state index is 0.0358. The van der Waals surface area contributed by atoms with Crippen molar-refractivity contribution in [3.8, 4) is 0 Å². The Morgan fingerprint density at radius 3 is 2.88 bits per heavy atom. The fraction of sp³-hybridized carbons (Fsp3) is 0.412. The zero-order chi connectivity index (χ0) is 17.8. The number of nitro groups is 1. The van der Waals surface area contributed by atoms with Gasteiger partial charge in [0, 0.05) is 32.7 Å². The fourth-order valence-electron chi connectivity index (χ4n) is 3.14. The average Bonchev–Trinajstić information content (AvgIpc) is 3.02. The van der Waals surface area contributed by atoms with Crippen molar-refractivity contribution in [3.63, 3.8) is 0 Å². The molecule has 0 saturated carbocycles. The lowest BCUT2D eigenvalue weighted by Gasteiger charge is -2.33. The van der Waals surface area contributed by atoms with Crippen LogP contribution in [-0.4, -0.2) is 44.6 Å². The molecule has 1 aliphatic heterocycles. The van der Waals surface area contributed by atoms with Gasteiger partial charge in [0.05, 0.1) is 4.92 Å². The molecular weight excluding hydrogens is 322 g/mol. The van der Waals surface area contributed by atoms with Crippen LogP contribution in [0.3, 0.4) is 0 Å². The van der Waals surface area contributed by atoms with E-state index < -0.39 is 4.92 Å². The molecule has 8 heteroatoms. The number of piperidine rings is 1. The largest absolute Gasteiger partial charge is 0.336 e. The molecule has 1 aliphatic rings. The summed E-state index contributed by atoms with van der Waals surface area (Å²) in [5.74, 6) is -0.335. The summed E-state index contributed by atoms with van der Waals surface area (Å²) >= 11 is 0. The average molecular weight is 343 g/mol. The molecule has 0 bridgehead atoms. The van der Waals surface area contributed by atoms with Gasteiger partial charge >= 0.3 is 5.69 Å². The smallest absolute Gasteiger partial charge is 0.320 e. The molecule has 0 unspecified atom stereocenters. The van der Waals surface area contributed by atoms with Gasteiger partial charge in [-0.15, -0.1) is 0 Å². The molecule has 1 aromatic carbocycles. The summed E-state index contributed by atoms with van der Waals surface area (Å²) in [6.07, 6.45) is 2.97. The van der Waals surface area contributed by atoms with Gasteiger partial charge in [-0.05, 0) is 18.4 Å². The molecule has 2 aromatic rings. The molecular formula is C17H21N5O3. The predicted octanol–water partition coefficient (Wildman–Crippen LogP) is 1.72. The summed E-state index contributed by atoms with van der Waals surface area (Å²) in [6.45, 7) is 1.87. The number of hydrogen-bond donors (Lipinski definition) is 1. The molecule has 25 heavy (non-hydrogen) atoms. The Bertz CT molecular complexity index is 759. The van der Waals surface area contributed by atoms with Gasteiger partial charge in [0.1, 0.15) is 6.20 Å². The van der Waals surface area contributed by atoms with Crippen molar-refractivity contribution in [1.29, 1.82) is 0 Å². The molecule has 132 valence electrons. The van der Waals surface area contributed by atoms with Gasteiger partial charge in [-0.25, -0.2) is 0 Å². The molecule has 1 N–H and O–H groups in total. The molecule has 0 spiro atoms. The van der Waals surface area contributed by atoms with E-state index in [1.165, 1.54) is 10.2 Å². The van der Waals surface area contributed by atoms with Crippen molar-refractivity contribution in [2.75, 3.05) is 13.1 Å². The van der Waals surface area contributed by atoms with Crippen molar-refractivity contribution in [1.82, 2.24) is 20.0 Å². The predicted molar refractivity (Wildman–Crippen MR) is 92.1 cm³/mol. The normalized spacial score (nSPS) is 17.5. The van der Waals surface area contributed by atoms with E-state index >= 15 is 0 Å². The van der Waals surface area contributed by atoms with Crippen LogP contribution in [0.5, 0.6) is 0 Å². The third-order valence-corrected chi connectivity index (χ3v) is 4.47. The van der Waals surface area contributed by atoms with Gasteiger partial charge < -0.3 is 10.2 Å². The van der Waals surface area contributed by atoms with Crippen LogP contribution < -0.4 is 5.32 Å². The Kier molecular flexibility index (Phi) is 5.08. The topological polar surface area (TPSA) is 93.3 Å². The Labute approximate surface area is 145 Å². The fourth-order valence-corrected chi connectivity index (χ4v) is 3.14. The lowest BCUT2D eigenvalue weighted by molar-refractivity contribution is -0.385. The van der Waals surface area contributed by atoms with E-state index in [0.29, 0.717) is 13.1 Å². The number of rotatable bonds is 5. The Morgan fingerprint density at radius 2 is 2.16 bits per heavy atom. The zero-order valence-electron chi connectivity index (χ0n) is 14.1. The number of nitrogens with zero attached hydrogens (tertiary/aromatic N) is 4. The summed E-state index contributed by atoms with van der Waals surface area (Å²) in [5, 5.41) is 18.4. The maximum absolute atomic E-state index is 12.8. The first-order chi connectivity index (χ1) is 12.1. The highest BCUT2D eigenvalue weighted by Gasteiger charge is 2.32. The number of likely N-dealkylation sites (tertiary alicyclic amines) is 1. The van der Waals surface area contributed by atoms with E-state index in [4.69, 9.17) is 0 Å². The van der Waals surface area contributed by atoms with E-state index in [1.54, 1.807) is 11.9 Å². The number of aryl methyl sites for hydroxylation is 1. The number of benzene rings is 1. The van der Waals surface area contributed by atoms with Crippen LogP contribution in [0.4, 0.5) is 5.69 Å². The molecule has 0 aliphatic carbocycles. The van der Waals surface area contributed by atoms with Crippen LogP contribution in [0.25, 0.3) is 0 Å². The molecule has 8 nitrogen and oxygen atoms in total. The third kappa shape index (κ3) is 3.85. The van der Waals surface area contributed by atoms with Crippen LogP contribution in [-0.2, 0) is 13.6 Å². The molecule has 1 aromatic heterocycles. The number of hydrogen-bond acceptors (Lipinski definition) is 5. The van der Waals surface area contributed by atoms with E-state index in [9.17, 15) is 14.9 Å². The van der Waals surface area contributed by atoms with E-state index in [1.807, 2.05) is 18.2 Å². The Hall–Kier alpha value is -2.74. The maximum atomic E-state index is 12.8. The Balaban J connectivity index is 1.66. The van der Waals surface area contributed by atoms with E-state index in [-0.39, 0.29) is 23.3 Å². The molecule has 1 saturated heterocycles. The van der Waals surface area contributed by atoms with Gasteiger partial charge in [-0.2, -0.15) is 5.10 Å². The molecule has 1 amide bonds. The maximum Gasteiger partial charge on any atom is 0.320 e. The number of carbonyl (C=O) groups is 1. The van der Waals surface area contributed by atoms with Crippen LogP contribution in [0.1, 0.15) is 28.9 Å². The highest BCUT2D eigenvalue weighted by atomic mass is 16.6. The SMILES string of the molecule is Cn1ncc([N+](=O)[O-])c1C(=O)N1CCC[C@H](NCc2ccccc2)C1. The van der Waals surface area contributed by atoms with Gasteiger partial charge in [0.2, 0.25) is 5.69 Å². The molecule has 3 rings (SSSR count). The second-order valence-corrected chi connectivity index (χ2v) is 6.22. The van der Waals surface area contributed by atoms with Gasteiger partial charge in [0.25, 0.3) is 5.91 Å². The highest BCUT2D eigenvalue weighted by molar-refractivity contribution is 5.96. The molecule has 2 heterocycles. The number of nitrogens with one attached hydrogen (secondary N) is 1. The van der Waals surface area contributed by atoms with Crippen LogP contribution in [0.2, 0.25) is 0 Å². The van der Waals surface area contributed by atoms with E-state index in [0.717, 1.165) is 25.6 Å². The number of carbonyl (C=O) groups excluding carboxylic acids is 1. The lowest BCUT2D eigenvalue weighted by Crippen LogP contribution is -2.48. The zero-order valence-corrected chi connectivity index (χ0v) is 14.1. The van der Waals surface area contributed by atoms with Crippen molar-refractivity contribution < 1.29 is 9.72 Å². The summed E-state index contributed by atoms with van der Waals surface area (Å²) in [7, 11) is 1.55. The summed E-state index contributed by atoms with van der Waals surface area (Å²) in [4.78, 5) is 25.0. The van der Waals surface area contributed by atoms with Crippen LogP contribution in [0, 0.1) is 10.1 Å². The Morgan fingerprint density at radius 1 is 1.40 bits per heavy atom. The second kappa shape index (κ2) is 7.43. The van der Waals surface area contributed by atoms with Crippen molar-refractivity contribution in [2.24, 2.45) is 7.05 Å². The standard InChI is InChI=1S/C17H21N5O3/c1-20-16(15(11-19-20)22(24)25)17(23)21-9-5-8-14(12-21)18-10-13-6-3-2-4-7-13/h2-4,6-7,11,14,18H,5,8-10,12H2,1H3/t14-/m0/s1. The van der Waals surface area contributed by atoms with Gasteiger partial charge in [0.15, 0.2) is 0 Å². The summed E-state index contributed by atoms with van der Waals surface area (Å²) in [5.41, 5.74) is 0.980. The van der Waals surface area contributed by atoms with Crippen molar-refractivity contribution in [2.45, 2.75) is 25.4 Å². The molecule has 1 atom stereocenters. The minimum Gasteiger partial charge on any atom is -0.336 e. The second-order valence-electron chi connectivity index (χ2n) is 6.22. The monoisotopic (exact) mass is 343 g/mol. The van der Waals surface area contributed by atoms with Crippen molar-refractivity contribution in [3.05, 3.63) is 57.9 Å². The third-order valence-electron chi connectivity index (χ3n) is 4.47. The first kappa shape index (κ1) is 17.1.